The summed E-state index contributed by atoms with van der Waals surface area (Å²) < 4.78 is 0. The first kappa shape index (κ1) is 16.5. The zero-order chi connectivity index (χ0) is 14.0. The highest BCUT2D eigenvalue weighted by atomic mass is 35.5. The van der Waals surface area contributed by atoms with Crippen LogP contribution in [-0.2, 0) is 9.59 Å². The van der Waals surface area contributed by atoms with Crippen molar-refractivity contribution in [2.45, 2.75) is 38.4 Å². The Morgan fingerprint density at radius 2 is 2.00 bits per heavy atom. The fraction of sp³-hybridized carbons (Fsp3) is 0.429. The molecule has 1 saturated heterocycles. The van der Waals surface area contributed by atoms with E-state index in [0.717, 1.165) is 5.69 Å². The van der Waals surface area contributed by atoms with Crippen LogP contribution in [0.1, 0.15) is 20.3 Å². The summed E-state index contributed by atoms with van der Waals surface area (Å²) in [4.78, 5) is 25.7. The van der Waals surface area contributed by atoms with E-state index < -0.39 is 12.1 Å². The summed E-state index contributed by atoms with van der Waals surface area (Å²) in [5.41, 5.74) is 6.36. The van der Waals surface area contributed by atoms with E-state index in [-0.39, 0.29) is 30.3 Å². The Kier molecular flexibility index (Phi) is 5.53. The molecule has 0 aliphatic carbocycles. The summed E-state index contributed by atoms with van der Waals surface area (Å²) in [5.74, 6) is -0.367. The van der Waals surface area contributed by atoms with Crippen LogP contribution in [0.3, 0.4) is 0 Å². The smallest absolute Gasteiger partial charge is 0.249 e. The van der Waals surface area contributed by atoms with Gasteiger partial charge in [0.15, 0.2) is 0 Å². The van der Waals surface area contributed by atoms with Crippen molar-refractivity contribution in [1.29, 1.82) is 0 Å². The van der Waals surface area contributed by atoms with Crippen LogP contribution < -0.4 is 16.0 Å². The molecule has 0 aromatic heterocycles. The number of benzene rings is 1. The summed E-state index contributed by atoms with van der Waals surface area (Å²) in [6.45, 7) is 3.58. The SMILES string of the molecule is CC1CC(NC(=O)[C@@H](C)N)C(=O)N1c1ccccc1.Cl. The molecule has 20 heavy (non-hydrogen) atoms. The van der Waals surface area contributed by atoms with Crippen molar-refractivity contribution in [2.24, 2.45) is 5.73 Å². The summed E-state index contributed by atoms with van der Waals surface area (Å²) >= 11 is 0. The molecular weight excluding hydrogens is 278 g/mol. The van der Waals surface area contributed by atoms with E-state index in [1.54, 1.807) is 11.8 Å². The molecule has 2 rings (SSSR count). The minimum Gasteiger partial charge on any atom is -0.343 e. The van der Waals surface area contributed by atoms with Gasteiger partial charge < -0.3 is 16.0 Å². The molecule has 1 aromatic rings. The average Bonchev–Trinajstić information content (AvgIpc) is 2.65. The number of halogens is 1. The summed E-state index contributed by atoms with van der Waals surface area (Å²) in [6.07, 6.45) is 0.603. The number of nitrogens with one attached hydrogen (secondary N) is 1. The van der Waals surface area contributed by atoms with Gasteiger partial charge in [-0.15, -0.1) is 12.4 Å². The predicted octanol–water partition coefficient (Wildman–Crippen LogP) is 1.07. The van der Waals surface area contributed by atoms with E-state index >= 15 is 0 Å². The monoisotopic (exact) mass is 297 g/mol. The molecule has 1 fully saturated rings. The number of hydrogen-bond acceptors (Lipinski definition) is 3. The number of amides is 2. The molecule has 0 saturated carbocycles. The normalized spacial score (nSPS) is 23.1. The predicted molar refractivity (Wildman–Crippen MR) is 80.8 cm³/mol. The molecule has 2 unspecified atom stereocenters. The molecule has 1 heterocycles. The Bertz CT molecular complexity index is 479. The van der Waals surface area contributed by atoms with E-state index in [2.05, 4.69) is 5.32 Å². The lowest BCUT2D eigenvalue weighted by atomic mass is 10.2. The van der Waals surface area contributed by atoms with Crippen LogP contribution in [0.25, 0.3) is 0 Å². The molecule has 0 radical (unpaired) electrons. The second kappa shape index (κ2) is 6.72. The maximum atomic E-state index is 12.3. The fourth-order valence-corrected chi connectivity index (χ4v) is 2.33. The minimum absolute atomic E-state index is 0. The van der Waals surface area contributed by atoms with Gasteiger partial charge in [-0.3, -0.25) is 9.59 Å². The molecule has 1 aliphatic heterocycles. The van der Waals surface area contributed by atoms with Gasteiger partial charge in [-0.05, 0) is 32.4 Å². The van der Waals surface area contributed by atoms with Crippen LogP contribution in [0.2, 0.25) is 0 Å². The summed E-state index contributed by atoms with van der Waals surface area (Å²) in [7, 11) is 0. The second-order valence-electron chi connectivity index (χ2n) is 4.98. The van der Waals surface area contributed by atoms with Crippen molar-refractivity contribution in [2.75, 3.05) is 4.90 Å². The second-order valence-corrected chi connectivity index (χ2v) is 4.98. The van der Waals surface area contributed by atoms with Crippen LogP contribution >= 0.6 is 12.4 Å². The van der Waals surface area contributed by atoms with Gasteiger partial charge >= 0.3 is 0 Å². The van der Waals surface area contributed by atoms with Crippen LogP contribution in [0.5, 0.6) is 0 Å². The van der Waals surface area contributed by atoms with Gasteiger partial charge in [0.05, 0.1) is 6.04 Å². The summed E-state index contributed by atoms with van der Waals surface area (Å²) in [6, 6.07) is 8.46. The van der Waals surface area contributed by atoms with E-state index in [1.807, 2.05) is 37.3 Å². The number of hydrogen-bond donors (Lipinski definition) is 2. The molecule has 110 valence electrons. The van der Waals surface area contributed by atoms with Crippen molar-refractivity contribution in [1.82, 2.24) is 5.32 Å². The van der Waals surface area contributed by atoms with Crippen molar-refractivity contribution in [3.05, 3.63) is 30.3 Å². The fourth-order valence-electron chi connectivity index (χ4n) is 2.33. The van der Waals surface area contributed by atoms with Crippen LogP contribution in [0.4, 0.5) is 5.69 Å². The highest BCUT2D eigenvalue weighted by Crippen LogP contribution is 2.26. The number of anilines is 1. The molecular formula is C14H20ClN3O2. The standard InChI is InChI=1S/C14H19N3O2.ClH/c1-9-8-12(16-13(18)10(2)15)14(19)17(9)11-6-4-3-5-7-11;/h3-7,9-10,12H,8,15H2,1-2H3,(H,16,18);1H/t9?,10-,12?;/m1./s1. The Balaban J connectivity index is 0.00000200. The lowest BCUT2D eigenvalue weighted by molar-refractivity contribution is -0.127. The number of carbonyl (C=O) groups excluding carboxylic acids is 2. The first-order chi connectivity index (χ1) is 9.00. The average molecular weight is 298 g/mol. The quantitative estimate of drug-likeness (QED) is 0.876. The van der Waals surface area contributed by atoms with Crippen LogP contribution in [-0.4, -0.2) is 29.9 Å². The third-order valence-electron chi connectivity index (χ3n) is 3.32. The minimum atomic E-state index is -0.603. The molecule has 2 amide bonds. The first-order valence-corrected chi connectivity index (χ1v) is 6.44. The Morgan fingerprint density at radius 3 is 2.55 bits per heavy atom. The highest BCUT2D eigenvalue weighted by Gasteiger charge is 2.38. The number of para-hydroxylation sites is 1. The number of nitrogens with two attached hydrogens (primary N) is 1. The maximum Gasteiger partial charge on any atom is 0.249 e. The number of carbonyl (C=O) groups is 2. The van der Waals surface area contributed by atoms with E-state index in [4.69, 9.17) is 5.73 Å². The van der Waals surface area contributed by atoms with Crippen molar-refractivity contribution >= 4 is 29.9 Å². The topological polar surface area (TPSA) is 75.4 Å². The molecule has 6 heteroatoms. The van der Waals surface area contributed by atoms with Crippen molar-refractivity contribution in [3.63, 3.8) is 0 Å². The van der Waals surface area contributed by atoms with Crippen LogP contribution in [0.15, 0.2) is 30.3 Å². The largest absolute Gasteiger partial charge is 0.343 e. The number of nitrogens with zero attached hydrogens (tertiary/aromatic N) is 1. The lowest BCUT2D eigenvalue weighted by Crippen LogP contribution is -2.47. The lowest BCUT2D eigenvalue weighted by Gasteiger charge is -2.21. The maximum absolute atomic E-state index is 12.3. The molecule has 3 N–H and O–H groups in total. The third kappa shape index (κ3) is 3.29. The van der Waals surface area contributed by atoms with Gasteiger partial charge in [0.25, 0.3) is 0 Å². The molecule has 3 atom stereocenters. The zero-order valence-electron chi connectivity index (χ0n) is 11.6. The third-order valence-corrected chi connectivity index (χ3v) is 3.32. The van der Waals surface area contributed by atoms with Gasteiger partial charge in [-0.1, -0.05) is 18.2 Å². The molecule has 1 aromatic carbocycles. The molecule has 0 bridgehead atoms. The molecule has 1 aliphatic rings. The van der Waals surface area contributed by atoms with Crippen LogP contribution in [0, 0.1) is 0 Å². The molecule has 5 nitrogen and oxygen atoms in total. The Hall–Kier alpha value is -1.59. The van der Waals surface area contributed by atoms with Gasteiger partial charge in [-0.25, -0.2) is 0 Å². The van der Waals surface area contributed by atoms with Crippen molar-refractivity contribution < 1.29 is 9.59 Å². The summed E-state index contributed by atoms with van der Waals surface area (Å²) in [5, 5.41) is 2.70. The van der Waals surface area contributed by atoms with Gasteiger partial charge in [0.1, 0.15) is 6.04 Å². The van der Waals surface area contributed by atoms with E-state index in [0.29, 0.717) is 6.42 Å². The van der Waals surface area contributed by atoms with Crippen molar-refractivity contribution in [3.8, 4) is 0 Å². The van der Waals surface area contributed by atoms with E-state index in [1.165, 1.54) is 0 Å². The Labute approximate surface area is 124 Å². The van der Waals surface area contributed by atoms with Gasteiger partial charge in [-0.2, -0.15) is 0 Å². The zero-order valence-corrected chi connectivity index (χ0v) is 12.4. The number of rotatable bonds is 3. The van der Waals surface area contributed by atoms with Gasteiger partial charge in [0, 0.05) is 11.7 Å². The first-order valence-electron chi connectivity index (χ1n) is 6.44. The molecule has 0 spiro atoms. The highest BCUT2D eigenvalue weighted by molar-refractivity contribution is 6.02. The van der Waals surface area contributed by atoms with Gasteiger partial charge in [0.2, 0.25) is 11.8 Å². The Morgan fingerprint density at radius 1 is 1.40 bits per heavy atom. The van der Waals surface area contributed by atoms with E-state index in [9.17, 15) is 9.59 Å².